The van der Waals surface area contributed by atoms with Crippen LogP contribution in [0.2, 0.25) is 0 Å². The zero-order valence-corrected chi connectivity index (χ0v) is 19.3. The summed E-state index contributed by atoms with van der Waals surface area (Å²) in [6.07, 6.45) is 2.16. The van der Waals surface area contributed by atoms with E-state index in [4.69, 9.17) is 9.84 Å². The van der Waals surface area contributed by atoms with E-state index in [1.807, 2.05) is 36.4 Å². The Hall–Kier alpha value is -3.88. The van der Waals surface area contributed by atoms with Crippen molar-refractivity contribution in [3.05, 3.63) is 59.7 Å². The highest BCUT2D eigenvalue weighted by molar-refractivity contribution is 5.88. The molecule has 3 amide bonds. The fourth-order valence-electron chi connectivity index (χ4n) is 4.69. The molecule has 0 aromatic heterocycles. The number of alkyl carbamates (subject to hydrolysis) is 1. The quantitative estimate of drug-likeness (QED) is 0.413. The summed E-state index contributed by atoms with van der Waals surface area (Å²) < 4.78 is 5.55. The molecule has 4 rings (SSSR count). The van der Waals surface area contributed by atoms with Crippen LogP contribution < -0.4 is 16.0 Å². The number of amides is 3. The van der Waals surface area contributed by atoms with Crippen molar-refractivity contribution in [2.24, 2.45) is 11.8 Å². The molecule has 0 saturated heterocycles. The lowest BCUT2D eigenvalue weighted by atomic mass is 9.75. The minimum absolute atomic E-state index is 0.0526. The highest BCUT2D eigenvalue weighted by atomic mass is 16.5. The van der Waals surface area contributed by atoms with E-state index in [0.717, 1.165) is 41.5 Å². The van der Waals surface area contributed by atoms with Gasteiger partial charge in [-0.15, -0.1) is 0 Å². The van der Waals surface area contributed by atoms with Gasteiger partial charge in [-0.05, 0) is 41.0 Å². The van der Waals surface area contributed by atoms with Gasteiger partial charge in [0, 0.05) is 12.5 Å². The maximum atomic E-state index is 12.7. The van der Waals surface area contributed by atoms with Gasteiger partial charge in [-0.3, -0.25) is 14.4 Å². The first-order chi connectivity index (χ1) is 16.9. The summed E-state index contributed by atoms with van der Waals surface area (Å²) in [5.74, 6) is -2.52. The zero-order chi connectivity index (χ0) is 24.8. The van der Waals surface area contributed by atoms with Crippen LogP contribution in [0.15, 0.2) is 48.5 Å². The Morgan fingerprint density at radius 2 is 1.51 bits per heavy atom. The van der Waals surface area contributed by atoms with Crippen molar-refractivity contribution >= 4 is 23.9 Å². The minimum atomic E-state index is -1.16. The van der Waals surface area contributed by atoms with Crippen LogP contribution in [0.3, 0.4) is 0 Å². The number of hydrogen-bond donors (Lipinski definition) is 4. The number of benzene rings is 2. The van der Waals surface area contributed by atoms with Crippen molar-refractivity contribution < 1.29 is 29.0 Å². The van der Waals surface area contributed by atoms with Gasteiger partial charge in [-0.2, -0.15) is 0 Å². The highest BCUT2D eigenvalue weighted by Crippen LogP contribution is 2.44. The molecule has 2 aliphatic rings. The predicted octanol–water partition coefficient (Wildman–Crippen LogP) is 2.26. The summed E-state index contributed by atoms with van der Waals surface area (Å²) in [5.41, 5.74) is 4.53. The molecule has 184 valence electrons. The number of carboxylic acid groups (broad SMARTS) is 1. The van der Waals surface area contributed by atoms with Crippen LogP contribution >= 0.6 is 0 Å². The molecule has 2 aliphatic carbocycles. The molecule has 1 fully saturated rings. The molecule has 1 saturated carbocycles. The second-order valence-electron chi connectivity index (χ2n) is 8.89. The van der Waals surface area contributed by atoms with Crippen molar-refractivity contribution in [1.29, 1.82) is 0 Å². The number of carboxylic acids is 1. The number of fused-ring (bicyclic) bond motifs is 3. The predicted molar refractivity (Wildman–Crippen MR) is 128 cm³/mol. The van der Waals surface area contributed by atoms with Crippen LogP contribution in [-0.2, 0) is 19.1 Å². The van der Waals surface area contributed by atoms with Gasteiger partial charge in [0.15, 0.2) is 0 Å². The lowest BCUT2D eigenvalue weighted by Gasteiger charge is -2.32. The van der Waals surface area contributed by atoms with E-state index < -0.39 is 30.4 Å². The second kappa shape index (κ2) is 11.0. The van der Waals surface area contributed by atoms with Gasteiger partial charge in [-0.25, -0.2) is 4.79 Å². The first-order valence-electron chi connectivity index (χ1n) is 11.8. The monoisotopic (exact) mass is 479 g/mol. The number of rotatable bonds is 10. The molecule has 1 unspecified atom stereocenters. The number of carbonyl (C=O) groups is 4. The van der Waals surface area contributed by atoms with Crippen LogP contribution in [0.1, 0.15) is 36.3 Å². The third-order valence-electron chi connectivity index (χ3n) is 6.73. The smallest absolute Gasteiger partial charge is 0.407 e. The first kappa shape index (κ1) is 24.3. The van der Waals surface area contributed by atoms with Crippen LogP contribution in [0.4, 0.5) is 4.79 Å². The Morgan fingerprint density at radius 1 is 0.886 bits per heavy atom. The van der Waals surface area contributed by atoms with Crippen LogP contribution in [-0.4, -0.2) is 55.2 Å². The third kappa shape index (κ3) is 5.79. The molecule has 2 aromatic rings. The van der Waals surface area contributed by atoms with Gasteiger partial charge < -0.3 is 25.8 Å². The Morgan fingerprint density at radius 3 is 2.09 bits per heavy atom. The molecular weight excluding hydrogens is 450 g/mol. The molecule has 0 bridgehead atoms. The Kier molecular flexibility index (Phi) is 7.64. The fourth-order valence-corrected chi connectivity index (χ4v) is 4.69. The SMILES string of the molecule is O=C(O)CNC(=O)CNC(=O)C(CNC(=O)OCC1c2ccccc2-c2ccccc21)C1CCC1. The van der Waals surface area contributed by atoms with E-state index in [2.05, 4.69) is 28.1 Å². The Balaban J connectivity index is 1.29. The van der Waals surface area contributed by atoms with E-state index >= 15 is 0 Å². The van der Waals surface area contributed by atoms with E-state index in [1.54, 1.807) is 0 Å². The van der Waals surface area contributed by atoms with E-state index in [9.17, 15) is 19.2 Å². The minimum Gasteiger partial charge on any atom is -0.480 e. The van der Waals surface area contributed by atoms with E-state index in [1.165, 1.54) is 0 Å². The van der Waals surface area contributed by atoms with Crippen molar-refractivity contribution in [3.8, 4) is 11.1 Å². The maximum absolute atomic E-state index is 12.7. The molecule has 9 heteroatoms. The van der Waals surface area contributed by atoms with Crippen LogP contribution in [0, 0.1) is 11.8 Å². The third-order valence-corrected chi connectivity index (χ3v) is 6.73. The van der Waals surface area contributed by atoms with Gasteiger partial charge in [0.25, 0.3) is 0 Å². The standard InChI is InChI=1S/C26H29N3O6/c30-23(27-14-24(31)32)13-28-25(33)21(16-6-5-7-16)12-29-26(34)35-15-22-19-10-3-1-8-17(19)18-9-2-4-11-20(18)22/h1-4,8-11,16,21-22H,5-7,12-15H2,(H,27,30)(H,28,33)(H,29,34)(H,31,32). The molecule has 4 N–H and O–H groups in total. The Bertz CT molecular complexity index is 1070. The molecular formula is C26H29N3O6. The van der Waals surface area contributed by atoms with Crippen LogP contribution in [0.25, 0.3) is 11.1 Å². The van der Waals surface area contributed by atoms with Crippen molar-refractivity contribution in [1.82, 2.24) is 16.0 Å². The normalized spacial score (nSPS) is 15.2. The van der Waals surface area contributed by atoms with Crippen molar-refractivity contribution in [2.45, 2.75) is 25.2 Å². The van der Waals surface area contributed by atoms with Gasteiger partial charge in [0.1, 0.15) is 13.2 Å². The molecule has 0 heterocycles. The summed E-state index contributed by atoms with van der Waals surface area (Å²) >= 11 is 0. The molecule has 2 aromatic carbocycles. The fraction of sp³-hybridized carbons (Fsp3) is 0.385. The topological polar surface area (TPSA) is 134 Å². The molecule has 35 heavy (non-hydrogen) atoms. The van der Waals surface area contributed by atoms with E-state index in [-0.39, 0.29) is 37.4 Å². The largest absolute Gasteiger partial charge is 0.480 e. The average molecular weight is 480 g/mol. The molecule has 9 nitrogen and oxygen atoms in total. The number of carbonyl (C=O) groups excluding carboxylic acids is 3. The second-order valence-corrected chi connectivity index (χ2v) is 8.89. The van der Waals surface area contributed by atoms with Crippen LogP contribution in [0.5, 0.6) is 0 Å². The molecule has 1 atom stereocenters. The number of ether oxygens (including phenoxy) is 1. The van der Waals surface area contributed by atoms with E-state index in [0.29, 0.717) is 0 Å². The number of nitrogens with one attached hydrogen (secondary N) is 3. The van der Waals surface area contributed by atoms with Crippen molar-refractivity contribution in [2.75, 3.05) is 26.2 Å². The summed E-state index contributed by atoms with van der Waals surface area (Å²) in [5, 5.41) is 16.1. The lowest BCUT2D eigenvalue weighted by molar-refractivity contribution is -0.137. The Labute approximate surface area is 203 Å². The summed E-state index contributed by atoms with van der Waals surface area (Å²) in [4.78, 5) is 47.4. The molecule has 0 aliphatic heterocycles. The van der Waals surface area contributed by atoms with Crippen molar-refractivity contribution in [3.63, 3.8) is 0 Å². The molecule has 0 radical (unpaired) electrons. The summed E-state index contributed by atoms with van der Waals surface area (Å²) in [6.45, 7) is -0.543. The average Bonchev–Trinajstić information content (AvgIpc) is 3.15. The van der Waals surface area contributed by atoms with Gasteiger partial charge in [0.05, 0.1) is 12.5 Å². The summed E-state index contributed by atoms with van der Waals surface area (Å²) in [7, 11) is 0. The van der Waals surface area contributed by atoms with Gasteiger partial charge >= 0.3 is 12.1 Å². The maximum Gasteiger partial charge on any atom is 0.407 e. The number of hydrogen-bond acceptors (Lipinski definition) is 5. The number of aliphatic carboxylic acids is 1. The summed E-state index contributed by atoms with van der Waals surface area (Å²) in [6, 6.07) is 16.2. The highest BCUT2D eigenvalue weighted by Gasteiger charge is 2.33. The van der Waals surface area contributed by atoms with Gasteiger partial charge in [0.2, 0.25) is 11.8 Å². The molecule has 0 spiro atoms. The lowest BCUT2D eigenvalue weighted by Crippen LogP contribution is -2.47. The zero-order valence-electron chi connectivity index (χ0n) is 19.3. The van der Waals surface area contributed by atoms with Gasteiger partial charge in [-0.1, -0.05) is 55.0 Å². The first-order valence-corrected chi connectivity index (χ1v) is 11.8.